The first-order valence-electron chi connectivity index (χ1n) is 20.7. The molecule has 0 spiro atoms. The second-order valence-corrected chi connectivity index (χ2v) is 17.3. The van der Waals surface area contributed by atoms with Crippen LogP contribution in [0.15, 0.2) is 54.2 Å². The van der Waals surface area contributed by atoms with Crippen molar-refractivity contribution in [1.82, 2.24) is 30.4 Å². The third-order valence-electron chi connectivity index (χ3n) is 12.6. The number of hydrogen-bond donors (Lipinski definition) is 4. The number of hydrogen-bond acceptors (Lipinski definition) is 12. The summed E-state index contributed by atoms with van der Waals surface area (Å²) in [4.78, 5) is 92.5. The van der Waals surface area contributed by atoms with Crippen molar-refractivity contribution in [3.05, 3.63) is 70.9 Å². The van der Waals surface area contributed by atoms with Crippen molar-refractivity contribution in [2.45, 2.75) is 95.3 Å². The van der Waals surface area contributed by atoms with E-state index in [0.29, 0.717) is 62.7 Å². The molecule has 2 atom stereocenters. The first-order chi connectivity index (χ1) is 28.6. The molecule has 0 radical (unpaired) electrons. The first-order valence-corrected chi connectivity index (χ1v) is 21.6. The third kappa shape index (κ3) is 7.73. The predicted octanol–water partition coefficient (Wildman–Crippen LogP) is 5.22. The highest BCUT2D eigenvalue weighted by Crippen LogP contribution is 2.34. The van der Waals surface area contributed by atoms with E-state index in [0.717, 1.165) is 57.9 Å². The van der Waals surface area contributed by atoms with Crippen LogP contribution in [0.25, 0.3) is 10.2 Å². The van der Waals surface area contributed by atoms with Gasteiger partial charge >= 0.3 is 0 Å². The van der Waals surface area contributed by atoms with Gasteiger partial charge in [0, 0.05) is 73.7 Å². The molecule has 1 unspecified atom stereocenters. The number of aromatic nitrogens is 2. The number of pyridine rings is 1. The first kappa shape index (κ1) is 38.6. The summed E-state index contributed by atoms with van der Waals surface area (Å²) < 4.78 is 1.08. The Kier molecular flexibility index (Phi) is 10.5. The topological polar surface area (TPSA) is 186 Å². The molecule has 5 aliphatic rings. The van der Waals surface area contributed by atoms with Gasteiger partial charge in [-0.25, -0.2) is 9.97 Å². The lowest BCUT2D eigenvalue weighted by Crippen LogP contribution is -2.56. The lowest BCUT2D eigenvalue weighted by Gasteiger charge is -2.43. The van der Waals surface area contributed by atoms with E-state index in [-0.39, 0.29) is 53.8 Å². The zero-order valence-corrected chi connectivity index (χ0v) is 33.7. The quantitative estimate of drug-likeness (QED) is 0.163. The number of rotatable bonds is 9. The Labute approximate surface area is 345 Å². The SMILES string of the molecule is C[C@H]1CN(c2ccc3c(c2)C(=O)N(C2CCC(=O)NC2=O)C3=O)CCN1C(=O)C1CCC(NC(=O)c2cnc(Nc3ccc4ncsc4c3)cc2NC2CCCC2)CC1. The van der Waals surface area contributed by atoms with Crippen molar-refractivity contribution < 1.29 is 28.8 Å². The van der Waals surface area contributed by atoms with Crippen LogP contribution in [0.3, 0.4) is 0 Å². The molecule has 16 heteroatoms. The Morgan fingerprint density at radius 2 is 1.64 bits per heavy atom. The van der Waals surface area contributed by atoms with Crippen molar-refractivity contribution in [3.63, 3.8) is 0 Å². The molecule has 3 aliphatic heterocycles. The molecule has 2 aliphatic carbocycles. The molecule has 2 aromatic heterocycles. The number of benzene rings is 2. The Morgan fingerprint density at radius 3 is 2.42 bits per heavy atom. The fourth-order valence-electron chi connectivity index (χ4n) is 9.35. The monoisotopic (exact) mass is 817 g/mol. The van der Waals surface area contributed by atoms with Gasteiger partial charge in [0.1, 0.15) is 11.9 Å². The van der Waals surface area contributed by atoms with Crippen LogP contribution < -0.4 is 26.2 Å². The van der Waals surface area contributed by atoms with Crippen LogP contribution >= 0.6 is 11.3 Å². The van der Waals surface area contributed by atoms with Gasteiger partial charge in [-0.15, -0.1) is 11.3 Å². The summed E-state index contributed by atoms with van der Waals surface area (Å²) in [5.74, 6) is -1.66. The van der Waals surface area contributed by atoms with Gasteiger partial charge < -0.3 is 25.8 Å². The Bertz CT molecular complexity index is 2350. The number of fused-ring (bicyclic) bond motifs is 2. The zero-order chi connectivity index (χ0) is 40.8. The number of piperazine rings is 1. The van der Waals surface area contributed by atoms with Crippen molar-refractivity contribution in [3.8, 4) is 0 Å². The number of nitrogens with one attached hydrogen (secondary N) is 4. The van der Waals surface area contributed by atoms with E-state index in [1.807, 2.05) is 41.6 Å². The molecular weight excluding hydrogens is 771 g/mol. The summed E-state index contributed by atoms with van der Waals surface area (Å²) in [6.45, 7) is 3.64. The molecule has 2 saturated heterocycles. The largest absolute Gasteiger partial charge is 0.382 e. The molecule has 4 aromatic rings. The fraction of sp³-hybridized carbons (Fsp3) is 0.442. The van der Waals surface area contributed by atoms with Crippen LogP contribution in [0.5, 0.6) is 0 Å². The molecule has 6 amide bonds. The number of nitrogens with zero attached hydrogens (tertiary/aromatic N) is 5. The standard InChI is InChI=1S/C43H47N9O6S/c1-24-22-50(29-11-12-30-31(19-29)43(58)52(42(30)57)35-14-15-38(53)49-40(35)55)16-17-51(24)41(56)25-6-8-27(9-7-25)48-39(54)32-21-44-37(20-34(32)46-26-4-2-3-5-26)47-28-10-13-33-36(18-28)59-23-45-33/h10-13,18-21,23-27,35H,2-9,14-17,22H2,1H3,(H,48,54)(H2,44,46,47)(H,49,53,55)/t24-,25?,27?,35?/m0/s1. The Hall–Kier alpha value is -5.90. The van der Waals surface area contributed by atoms with Gasteiger partial charge in [0.2, 0.25) is 17.7 Å². The van der Waals surface area contributed by atoms with E-state index >= 15 is 0 Å². The Balaban J connectivity index is 0.793. The van der Waals surface area contributed by atoms with E-state index < -0.39 is 29.7 Å². The number of imide groups is 2. The minimum Gasteiger partial charge on any atom is -0.382 e. The van der Waals surface area contributed by atoms with Gasteiger partial charge in [-0.05, 0) is 88.3 Å². The van der Waals surface area contributed by atoms with Crippen LogP contribution in [-0.2, 0) is 14.4 Å². The zero-order valence-electron chi connectivity index (χ0n) is 32.9. The van der Waals surface area contributed by atoms with Crippen LogP contribution in [0, 0.1) is 5.92 Å². The van der Waals surface area contributed by atoms with Gasteiger partial charge in [0.05, 0.1) is 38.1 Å². The maximum Gasteiger partial charge on any atom is 0.262 e. The number of carbonyl (C=O) groups excluding carboxylic acids is 6. The normalized spacial score (nSPS) is 23.7. The predicted molar refractivity (Wildman–Crippen MR) is 223 cm³/mol. The Morgan fingerprint density at radius 1 is 0.847 bits per heavy atom. The maximum absolute atomic E-state index is 13.9. The lowest BCUT2D eigenvalue weighted by atomic mass is 9.84. The number of amides is 6. The maximum atomic E-state index is 13.9. The van der Waals surface area contributed by atoms with Gasteiger partial charge in [0.25, 0.3) is 17.7 Å². The number of anilines is 4. The molecular formula is C43H47N9O6S. The van der Waals surface area contributed by atoms with E-state index in [4.69, 9.17) is 0 Å². The highest BCUT2D eigenvalue weighted by atomic mass is 32.1. The molecule has 59 heavy (non-hydrogen) atoms. The molecule has 0 bridgehead atoms. The van der Waals surface area contributed by atoms with Crippen molar-refractivity contribution in [2.75, 3.05) is 35.2 Å². The number of piperidine rings is 1. The average molecular weight is 818 g/mol. The van der Waals surface area contributed by atoms with E-state index in [2.05, 4.69) is 36.1 Å². The second-order valence-electron chi connectivity index (χ2n) is 16.4. The van der Waals surface area contributed by atoms with Crippen LogP contribution in [0.1, 0.15) is 102 Å². The van der Waals surface area contributed by atoms with Crippen molar-refractivity contribution >= 4 is 79.9 Å². The van der Waals surface area contributed by atoms with Gasteiger partial charge in [-0.1, -0.05) is 12.8 Å². The summed E-state index contributed by atoms with van der Waals surface area (Å²) in [7, 11) is 0. The van der Waals surface area contributed by atoms with Gasteiger partial charge in [-0.2, -0.15) is 0 Å². The van der Waals surface area contributed by atoms with E-state index in [9.17, 15) is 28.8 Å². The van der Waals surface area contributed by atoms with Crippen LogP contribution in [0.4, 0.5) is 22.9 Å². The van der Waals surface area contributed by atoms with Crippen LogP contribution in [-0.4, -0.2) is 99.0 Å². The average Bonchev–Trinajstić information content (AvgIpc) is 3.98. The molecule has 4 fully saturated rings. The summed E-state index contributed by atoms with van der Waals surface area (Å²) in [5.41, 5.74) is 6.19. The van der Waals surface area contributed by atoms with Gasteiger partial charge in [-0.3, -0.25) is 39.0 Å². The molecule has 306 valence electrons. The molecule has 2 saturated carbocycles. The molecule has 4 N–H and O–H groups in total. The third-order valence-corrected chi connectivity index (χ3v) is 13.4. The smallest absolute Gasteiger partial charge is 0.262 e. The van der Waals surface area contributed by atoms with E-state index in [1.165, 1.54) is 0 Å². The molecule has 9 rings (SSSR count). The highest BCUT2D eigenvalue weighted by molar-refractivity contribution is 7.16. The number of thiazole rings is 1. The van der Waals surface area contributed by atoms with E-state index in [1.54, 1.807) is 35.7 Å². The van der Waals surface area contributed by atoms with Crippen molar-refractivity contribution in [1.29, 1.82) is 0 Å². The summed E-state index contributed by atoms with van der Waals surface area (Å²) in [6.07, 6.45) is 9.01. The summed E-state index contributed by atoms with van der Waals surface area (Å²) >= 11 is 1.58. The minimum absolute atomic E-state index is 0.0515. The number of carbonyl (C=O) groups is 6. The highest BCUT2D eigenvalue weighted by Gasteiger charge is 2.45. The summed E-state index contributed by atoms with van der Waals surface area (Å²) in [6, 6.07) is 12.2. The minimum atomic E-state index is -1.02. The summed E-state index contributed by atoms with van der Waals surface area (Å²) in [5, 5.41) is 12.5. The lowest BCUT2D eigenvalue weighted by molar-refractivity contribution is -0.139. The second kappa shape index (κ2) is 16.0. The molecule has 2 aromatic carbocycles. The molecule has 15 nitrogen and oxygen atoms in total. The molecule has 5 heterocycles. The van der Waals surface area contributed by atoms with Crippen LogP contribution in [0.2, 0.25) is 0 Å². The van der Waals surface area contributed by atoms with Gasteiger partial charge in [0.15, 0.2) is 0 Å². The fourth-order valence-corrected chi connectivity index (χ4v) is 10.1. The van der Waals surface area contributed by atoms with Crippen molar-refractivity contribution in [2.24, 2.45) is 5.92 Å².